The fourth-order valence-electron chi connectivity index (χ4n) is 1.45. The van der Waals surface area contributed by atoms with Crippen LogP contribution in [0.5, 0.6) is 0 Å². The van der Waals surface area contributed by atoms with Crippen molar-refractivity contribution in [2.75, 3.05) is 0 Å². The Kier molecular flexibility index (Phi) is 2.82. The van der Waals surface area contributed by atoms with Crippen LogP contribution in [0.25, 0.3) is 10.8 Å². The molecule has 0 unspecified atom stereocenters. The molecule has 4 N–H and O–H groups in total. The van der Waals surface area contributed by atoms with Crippen LogP contribution in [0.3, 0.4) is 0 Å². The predicted octanol–water partition coefficient (Wildman–Crippen LogP) is 1.45. The van der Waals surface area contributed by atoms with Crippen LogP contribution in [0.15, 0.2) is 52.7 Å². The number of benzene rings is 2. The highest BCUT2D eigenvalue weighted by molar-refractivity contribution is 5.90. The molecular weight excluding hydrogens is 200 g/mol. The Labute approximate surface area is 93.3 Å². The molecule has 0 saturated heterocycles. The Balaban J connectivity index is 2.33. The average Bonchev–Trinajstić information content (AvgIpc) is 2.28. The van der Waals surface area contributed by atoms with Crippen LogP contribution >= 0.6 is 0 Å². The van der Waals surface area contributed by atoms with E-state index < -0.39 is 0 Å². The SMILES string of the molecule is NC(N)=N/N=C\c1ccc2ccccc2c1. The van der Waals surface area contributed by atoms with Gasteiger partial charge in [0.25, 0.3) is 0 Å². The van der Waals surface area contributed by atoms with Crippen molar-refractivity contribution in [2.24, 2.45) is 21.7 Å². The molecule has 4 heteroatoms. The van der Waals surface area contributed by atoms with Crippen LogP contribution in [-0.4, -0.2) is 12.2 Å². The normalized spacial score (nSPS) is 10.8. The quantitative estimate of drug-likeness (QED) is 0.449. The van der Waals surface area contributed by atoms with Crippen LogP contribution in [0.2, 0.25) is 0 Å². The second-order valence-electron chi connectivity index (χ2n) is 3.38. The summed E-state index contributed by atoms with van der Waals surface area (Å²) in [5.74, 6) is -0.0444. The smallest absolute Gasteiger partial charge is 0.211 e. The van der Waals surface area contributed by atoms with Gasteiger partial charge < -0.3 is 11.5 Å². The van der Waals surface area contributed by atoms with Crippen molar-refractivity contribution >= 4 is 22.9 Å². The lowest BCUT2D eigenvalue weighted by Crippen LogP contribution is -2.21. The Morgan fingerprint density at radius 3 is 2.50 bits per heavy atom. The summed E-state index contributed by atoms with van der Waals surface area (Å²) in [6, 6.07) is 14.1. The van der Waals surface area contributed by atoms with Crippen molar-refractivity contribution in [1.29, 1.82) is 0 Å². The number of rotatable bonds is 2. The van der Waals surface area contributed by atoms with Gasteiger partial charge in [-0.1, -0.05) is 36.4 Å². The summed E-state index contributed by atoms with van der Waals surface area (Å²) in [6.45, 7) is 0. The minimum Gasteiger partial charge on any atom is -0.369 e. The maximum atomic E-state index is 5.16. The fourth-order valence-corrected chi connectivity index (χ4v) is 1.45. The van der Waals surface area contributed by atoms with Crippen molar-refractivity contribution < 1.29 is 0 Å². The van der Waals surface area contributed by atoms with Crippen molar-refractivity contribution in [2.45, 2.75) is 0 Å². The third-order valence-electron chi connectivity index (χ3n) is 2.15. The fraction of sp³-hybridized carbons (Fsp3) is 0. The van der Waals surface area contributed by atoms with Gasteiger partial charge >= 0.3 is 0 Å². The molecule has 0 fully saturated rings. The minimum atomic E-state index is -0.0444. The summed E-state index contributed by atoms with van der Waals surface area (Å²) < 4.78 is 0. The highest BCUT2D eigenvalue weighted by atomic mass is 15.3. The third-order valence-corrected chi connectivity index (χ3v) is 2.15. The number of guanidine groups is 1. The van der Waals surface area contributed by atoms with E-state index in [0.717, 1.165) is 10.9 Å². The summed E-state index contributed by atoms with van der Waals surface area (Å²) in [6.07, 6.45) is 1.62. The Morgan fingerprint density at radius 1 is 1.00 bits per heavy atom. The van der Waals surface area contributed by atoms with Gasteiger partial charge in [0.15, 0.2) is 0 Å². The lowest BCUT2D eigenvalue weighted by molar-refractivity contribution is 1.22. The van der Waals surface area contributed by atoms with Crippen LogP contribution in [-0.2, 0) is 0 Å². The zero-order valence-corrected chi connectivity index (χ0v) is 8.67. The molecule has 0 amide bonds. The van der Waals surface area contributed by atoms with Gasteiger partial charge in [0, 0.05) is 0 Å². The Bertz CT molecular complexity index is 554. The Morgan fingerprint density at radius 2 is 1.75 bits per heavy atom. The first-order chi connectivity index (χ1) is 7.75. The molecule has 0 saturated carbocycles. The molecule has 2 rings (SSSR count). The molecule has 16 heavy (non-hydrogen) atoms. The van der Waals surface area contributed by atoms with Gasteiger partial charge in [0.2, 0.25) is 5.96 Å². The molecule has 0 bridgehead atoms. The predicted molar refractivity (Wildman–Crippen MR) is 67.4 cm³/mol. The molecule has 2 aromatic rings. The minimum absolute atomic E-state index is 0.0444. The van der Waals surface area contributed by atoms with E-state index in [2.05, 4.69) is 16.3 Å². The van der Waals surface area contributed by atoms with E-state index in [1.54, 1.807) is 6.21 Å². The molecule has 0 radical (unpaired) electrons. The van der Waals surface area contributed by atoms with Crippen molar-refractivity contribution in [3.63, 3.8) is 0 Å². The van der Waals surface area contributed by atoms with Gasteiger partial charge in [-0.2, -0.15) is 5.10 Å². The second kappa shape index (κ2) is 4.44. The highest BCUT2D eigenvalue weighted by Gasteiger charge is 1.92. The van der Waals surface area contributed by atoms with Crippen molar-refractivity contribution in [1.82, 2.24) is 0 Å². The zero-order chi connectivity index (χ0) is 11.4. The zero-order valence-electron chi connectivity index (χ0n) is 8.67. The van der Waals surface area contributed by atoms with E-state index in [1.165, 1.54) is 5.39 Å². The van der Waals surface area contributed by atoms with E-state index in [9.17, 15) is 0 Å². The van der Waals surface area contributed by atoms with E-state index in [0.29, 0.717) is 0 Å². The number of nitrogens with two attached hydrogens (primary N) is 2. The molecule has 0 aromatic heterocycles. The number of nitrogens with zero attached hydrogens (tertiary/aromatic N) is 2. The molecule has 0 aliphatic rings. The molecule has 0 heterocycles. The molecule has 0 aliphatic heterocycles. The average molecular weight is 212 g/mol. The molecule has 0 aliphatic carbocycles. The van der Waals surface area contributed by atoms with Gasteiger partial charge in [-0.05, 0) is 22.4 Å². The van der Waals surface area contributed by atoms with Crippen LogP contribution in [0, 0.1) is 0 Å². The third kappa shape index (κ3) is 2.36. The van der Waals surface area contributed by atoms with Crippen molar-refractivity contribution in [3.05, 3.63) is 48.0 Å². The standard InChI is InChI=1S/C12H12N4/c13-12(14)16-15-8-9-5-6-10-3-1-2-4-11(10)7-9/h1-8H,(H4,13,14,16)/b15-8-. The first-order valence-electron chi connectivity index (χ1n) is 4.86. The highest BCUT2D eigenvalue weighted by Crippen LogP contribution is 2.14. The number of hydrogen-bond donors (Lipinski definition) is 2. The van der Waals surface area contributed by atoms with Gasteiger partial charge in [0.05, 0.1) is 6.21 Å². The maximum absolute atomic E-state index is 5.16. The maximum Gasteiger partial charge on any atom is 0.211 e. The summed E-state index contributed by atoms with van der Waals surface area (Å²) in [7, 11) is 0. The summed E-state index contributed by atoms with van der Waals surface area (Å²) in [5, 5.41) is 9.66. The molecule has 2 aromatic carbocycles. The van der Waals surface area contributed by atoms with Crippen molar-refractivity contribution in [3.8, 4) is 0 Å². The molecule has 0 spiro atoms. The Hall–Kier alpha value is -2.36. The molecule has 80 valence electrons. The summed E-state index contributed by atoms with van der Waals surface area (Å²) >= 11 is 0. The number of fused-ring (bicyclic) bond motifs is 1. The molecular formula is C12H12N4. The van der Waals surface area contributed by atoms with Gasteiger partial charge in [-0.25, -0.2) is 0 Å². The summed E-state index contributed by atoms with van der Waals surface area (Å²) in [4.78, 5) is 0. The van der Waals surface area contributed by atoms with Crippen LogP contribution < -0.4 is 11.5 Å². The van der Waals surface area contributed by atoms with Gasteiger partial charge in [-0.3, -0.25) is 0 Å². The van der Waals surface area contributed by atoms with E-state index in [-0.39, 0.29) is 5.96 Å². The topological polar surface area (TPSA) is 76.8 Å². The first-order valence-corrected chi connectivity index (χ1v) is 4.86. The first kappa shape index (κ1) is 10.2. The van der Waals surface area contributed by atoms with Crippen LogP contribution in [0.4, 0.5) is 0 Å². The van der Waals surface area contributed by atoms with Gasteiger partial charge in [0.1, 0.15) is 0 Å². The lowest BCUT2D eigenvalue weighted by atomic mass is 10.1. The second-order valence-corrected chi connectivity index (χ2v) is 3.38. The molecule has 4 nitrogen and oxygen atoms in total. The van der Waals surface area contributed by atoms with Crippen LogP contribution in [0.1, 0.15) is 5.56 Å². The summed E-state index contributed by atoms with van der Waals surface area (Å²) in [5.41, 5.74) is 11.3. The molecule has 0 atom stereocenters. The monoisotopic (exact) mass is 212 g/mol. The largest absolute Gasteiger partial charge is 0.369 e. The number of hydrogen-bond acceptors (Lipinski definition) is 2. The van der Waals surface area contributed by atoms with E-state index in [1.807, 2.05) is 36.4 Å². The van der Waals surface area contributed by atoms with E-state index >= 15 is 0 Å². The van der Waals surface area contributed by atoms with E-state index in [4.69, 9.17) is 11.5 Å². The van der Waals surface area contributed by atoms with Gasteiger partial charge in [-0.15, -0.1) is 5.10 Å². The lowest BCUT2D eigenvalue weighted by Gasteiger charge is -1.97.